The van der Waals surface area contributed by atoms with Crippen molar-refractivity contribution in [2.45, 2.75) is 11.8 Å². The molecule has 0 saturated carbocycles. The minimum Gasteiger partial charge on any atom is -0.569 e. The van der Waals surface area contributed by atoms with E-state index in [1.807, 2.05) is 6.92 Å². The number of aliphatic hydroxyl groups is 1. The predicted octanol–water partition coefficient (Wildman–Crippen LogP) is -1.60. The van der Waals surface area contributed by atoms with Crippen molar-refractivity contribution >= 4 is 10.1 Å². The van der Waals surface area contributed by atoms with Crippen LogP contribution in [0.25, 0.3) is 0 Å². The maximum atomic E-state index is 10.5. The van der Waals surface area contributed by atoms with Crippen molar-refractivity contribution in [2.24, 2.45) is 0 Å². The quantitative estimate of drug-likeness (QED) is 0.343. The van der Waals surface area contributed by atoms with Gasteiger partial charge in [-0.25, -0.2) is 7.11 Å². The Balaban J connectivity index is 0. The molecule has 14 heavy (non-hydrogen) atoms. The first-order valence-electron chi connectivity index (χ1n) is 3.36. The van der Waals surface area contributed by atoms with Crippen LogP contribution in [0, 0.1) is 14.0 Å². The Hall–Kier alpha value is 0.0900. The zero-order chi connectivity index (χ0) is 10.5. The van der Waals surface area contributed by atoms with E-state index in [-0.39, 0.29) is 34.5 Å². The third-order valence-electron chi connectivity index (χ3n) is 1.32. The molecule has 1 aromatic carbocycles. The van der Waals surface area contributed by atoms with E-state index in [0.717, 1.165) is 5.56 Å². The largest absolute Gasteiger partial charge is 1.00 e. The first-order valence-corrected chi connectivity index (χ1v) is 4.80. The molecule has 0 heterocycles. The molecule has 0 spiro atoms. The summed E-state index contributed by atoms with van der Waals surface area (Å²) in [6.45, 7) is 1.84. The van der Waals surface area contributed by atoms with E-state index in [1.54, 1.807) is 12.1 Å². The summed E-state index contributed by atoms with van der Waals surface area (Å²) < 4.78 is 29.6. The second-order valence-corrected chi connectivity index (χ2v) is 3.71. The number of hydrogen-bond donors (Lipinski definition) is 2. The first kappa shape index (κ1) is 16.5. The Morgan fingerprint density at radius 2 is 1.50 bits per heavy atom. The molecule has 0 fully saturated rings. The fourth-order valence-electron chi connectivity index (χ4n) is 0.710. The van der Waals surface area contributed by atoms with Gasteiger partial charge in [-0.15, -0.1) is 0 Å². The molecular formula is C8H11NaO4S. The van der Waals surface area contributed by atoms with Crippen LogP contribution in [0.3, 0.4) is 0 Å². The second-order valence-electron chi connectivity index (χ2n) is 2.29. The summed E-state index contributed by atoms with van der Waals surface area (Å²) in [5, 5.41) is 6.75. The molecule has 0 radical (unpaired) electrons. The molecular weight excluding hydrogens is 215 g/mol. The molecule has 1 rings (SSSR count). The van der Waals surface area contributed by atoms with Gasteiger partial charge in [0.15, 0.2) is 0 Å². The van der Waals surface area contributed by atoms with Crippen LogP contribution in [0.4, 0.5) is 0 Å². The van der Waals surface area contributed by atoms with Crippen LogP contribution >= 0.6 is 0 Å². The molecule has 0 aromatic heterocycles. The zero-order valence-electron chi connectivity index (χ0n) is 8.14. The fraction of sp³-hybridized carbons (Fsp3) is 0.125. The average molecular weight is 226 g/mol. The van der Waals surface area contributed by atoms with Gasteiger partial charge < -0.3 is 5.11 Å². The molecule has 4 nitrogen and oxygen atoms in total. The van der Waals surface area contributed by atoms with E-state index >= 15 is 0 Å². The normalized spacial score (nSPS) is 9.43. The van der Waals surface area contributed by atoms with Crippen LogP contribution in [0.5, 0.6) is 0 Å². The van der Waals surface area contributed by atoms with Crippen molar-refractivity contribution in [3.63, 3.8) is 0 Å². The molecule has 0 aliphatic rings. The van der Waals surface area contributed by atoms with E-state index in [1.165, 1.54) is 12.1 Å². The summed E-state index contributed by atoms with van der Waals surface area (Å²) >= 11 is 0. The Morgan fingerprint density at radius 3 is 1.79 bits per heavy atom. The SMILES string of the molecule is Cc1ccc(S(=O)(=O)O)cc1.[CH2-]O.[Na+]. The molecule has 1 aromatic rings. The summed E-state index contributed by atoms with van der Waals surface area (Å²) in [6, 6.07) is 5.99. The Labute approximate surface area is 106 Å². The average Bonchev–Trinajstić information content (AvgIpc) is 2.07. The van der Waals surface area contributed by atoms with Gasteiger partial charge in [-0.05, 0) is 19.1 Å². The summed E-state index contributed by atoms with van der Waals surface area (Å²) in [6.07, 6.45) is 0. The van der Waals surface area contributed by atoms with Crippen LogP contribution in [-0.2, 0) is 10.1 Å². The maximum Gasteiger partial charge on any atom is 1.00 e. The monoisotopic (exact) mass is 226 g/mol. The van der Waals surface area contributed by atoms with Crippen LogP contribution in [0.1, 0.15) is 5.56 Å². The summed E-state index contributed by atoms with van der Waals surface area (Å²) in [4.78, 5) is -0.0666. The summed E-state index contributed by atoms with van der Waals surface area (Å²) in [7, 11) is -1.77. The van der Waals surface area contributed by atoms with Gasteiger partial charge in [-0.2, -0.15) is 8.42 Å². The number of hydrogen-bond acceptors (Lipinski definition) is 3. The number of aryl methyl sites for hydroxylation is 1. The molecule has 0 amide bonds. The van der Waals surface area contributed by atoms with Gasteiger partial charge in [-0.3, -0.25) is 4.55 Å². The van der Waals surface area contributed by atoms with Crippen LogP contribution in [0.2, 0.25) is 0 Å². The zero-order valence-corrected chi connectivity index (χ0v) is 11.0. The van der Waals surface area contributed by atoms with Gasteiger partial charge in [-0.1, -0.05) is 17.7 Å². The first-order chi connectivity index (χ1) is 6.00. The van der Waals surface area contributed by atoms with Crippen molar-refractivity contribution in [2.75, 3.05) is 0 Å². The number of benzene rings is 1. The predicted molar refractivity (Wildman–Crippen MR) is 48.3 cm³/mol. The third-order valence-corrected chi connectivity index (χ3v) is 2.19. The Kier molecular flexibility index (Phi) is 8.72. The van der Waals surface area contributed by atoms with Crippen molar-refractivity contribution in [1.29, 1.82) is 0 Å². The molecule has 0 saturated heterocycles. The smallest absolute Gasteiger partial charge is 0.569 e. The van der Waals surface area contributed by atoms with Crippen LogP contribution < -0.4 is 29.6 Å². The number of aliphatic hydroxyl groups excluding tert-OH is 1. The minimum atomic E-state index is -4.02. The third kappa shape index (κ3) is 5.74. The molecule has 74 valence electrons. The van der Waals surface area contributed by atoms with Gasteiger partial charge in [0.2, 0.25) is 0 Å². The van der Waals surface area contributed by atoms with E-state index < -0.39 is 10.1 Å². The van der Waals surface area contributed by atoms with Gasteiger partial charge in [0.25, 0.3) is 10.1 Å². The van der Waals surface area contributed by atoms with Gasteiger partial charge in [0, 0.05) is 0 Å². The van der Waals surface area contributed by atoms with Crippen molar-refractivity contribution in [3.05, 3.63) is 36.9 Å². The van der Waals surface area contributed by atoms with Gasteiger partial charge in [0.05, 0.1) is 4.90 Å². The summed E-state index contributed by atoms with van der Waals surface area (Å²) in [5.41, 5.74) is 0.956. The van der Waals surface area contributed by atoms with Crippen molar-refractivity contribution in [3.8, 4) is 0 Å². The van der Waals surface area contributed by atoms with Crippen molar-refractivity contribution < 1.29 is 47.6 Å². The second kappa shape index (κ2) is 7.39. The fourth-order valence-corrected chi connectivity index (χ4v) is 1.19. The van der Waals surface area contributed by atoms with E-state index in [9.17, 15) is 8.42 Å². The van der Waals surface area contributed by atoms with E-state index in [0.29, 0.717) is 0 Å². The van der Waals surface area contributed by atoms with Gasteiger partial charge in [0.1, 0.15) is 0 Å². The maximum absolute atomic E-state index is 10.5. The molecule has 0 aliphatic carbocycles. The molecule has 0 bridgehead atoms. The molecule has 0 aliphatic heterocycles. The van der Waals surface area contributed by atoms with E-state index in [2.05, 4.69) is 7.11 Å². The molecule has 2 N–H and O–H groups in total. The van der Waals surface area contributed by atoms with Crippen LogP contribution in [-0.4, -0.2) is 18.1 Å². The molecule has 0 atom stereocenters. The van der Waals surface area contributed by atoms with Crippen LogP contribution in [0.15, 0.2) is 29.2 Å². The Bertz CT molecular complexity index is 344. The molecule has 0 unspecified atom stereocenters. The van der Waals surface area contributed by atoms with Gasteiger partial charge >= 0.3 is 29.6 Å². The molecule has 6 heteroatoms. The Morgan fingerprint density at radius 1 is 1.14 bits per heavy atom. The topological polar surface area (TPSA) is 74.6 Å². The van der Waals surface area contributed by atoms with E-state index in [4.69, 9.17) is 9.66 Å². The minimum absolute atomic E-state index is 0. The number of rotatable bonds is 1. The standard InChI is InChI=1S/C7H8O3S.CH3O.Na/c1-6-2-4-7(5-3-6)11(8,9)10;1-2;/h2-5H,1H3,(H,8,9,10);2H,1H2;/q;-1;+1. The summed E-state index contributed by atoms with van der Waals surface area (Å²) in [5.74, 6) is 0. The van der Waals surface area contributed by atoms with Crippen molar-refractivity contribution in [1.82, 2.24) is 0 Å².